The first-order chi connectivity index (χ1) is 12.5. The lowest BCUT2D eigenvalue weighted by atomic mass is 9.79. The molecule has 2 atom stereocenters. The maximum atomic E-state index is 12.3. The van der Waals surface area contributed by atoms with E-state index in [0.717, 1.165) is 17.7 Å². The number of benzene rings is 1. The highest BCUT2D eigenvalue weighted by molar-refractivity contribution is 6.23. The Kier molecular flexibility index (Phi) is 7.37. The fraction of sp³-hybridized carbons (Fsp3) is 0.333. The molecule has 1 amide bonds. The van der Waals surface area contributed by atoms with Crippen molar-refractivity contribution < 1.29 is 4.79 Å². The molecule has 0 saturated carbocycles. The number of hydrogen-bond donors (Lipinski definition) is 3. The molecule has 2 unspecified atom stereocenters. The van der Waals surface area contributed by atoms with Crippen molar-refractivity contribution in [2.45, 2.75) is 20.3 Å². The second-order valence-electron chi connectivity index (χ2n) is 6.48. The zero-order valence-electron chi connectivity index (χ0n) is 15.3. The molecule has 1 aliphatic carbocycles. The van der Waals surface area contributed by atoms with Crippen LogP contribution < -0.4 is 11.1 Å². The normalized spacial score (nSPS) is 21.0. The highest BCUT2D eigenvalue weighted by Gasteiger charge is 2.24. The summed E-state index contributed by atoms with van der Waals surface area (Å²) in [7, 11) is 0. The van der Waals surface area contributed by atoms with Crippen LogP contribution in [0, 0.1) is 17.2 Å². The van der Waals surface area contributed by atoms with Gasteiger partial charge in [-0.05, 0) is 42.5 Å². The SMILES string of the molecule is CC=C/C=C(\CCl)C(=O)Nc1ccc(C2=CC(CN)C(=N)CC2C)cc1. The average Bonchev–Trinajstić information content (AvgIpc) is 2.63. The molecule has 0 heterocycles. The van der Waals surface area contributed by atoms with E-state index >= 15 is 0 Å². The predicted molar refractivity (Wildman–Crippen MR) is 111 cm³/mol. The maximum absolute atomic E-state index is 12.3. The quantitative estimate of drug-likeness (QED) is 0.394. The summed E-state index contributed by atoms with van der Waals surface area (Å²) in [6.07, 6.45) is 8.20. The number of amides is 1. The van der Waals surface area contributed by atoms with Gasteiger partial charge in [0, 0.05) is 29.4 Å². The first kappa shape index (κ1) is 20.1. The van der Waals surface area contributed by atoms with Gasteiger partial charge in [-0.15, -0.1) is 11.6 Å². The van der Waals surface area contributed by atoms with Crippen LogP contribution in [0.2, 0.25) is 0 Å². The Morgan fingerprint density at radius 2 is 2.08 bits per heavy atom. The minimum Gasteiger partial charge on any atom is -0.330 e. The number of halogens is 1. The van der Waals surface area contributed by atoms with Crippen LogP contribution in [0.1, 0.15) is 25.8 Å². The lowest BCUT2D eigenvalue weighted by Gasteiger charge is -2.27. The smallest absolute Gasteiger partial charge is 0.252 e. The van der Waals surface area contributed by atoms with Crippen LogP contribution in [0.3, 0.4) is 0 Å². The fourth-order valence-electron chi connectivity index (χ4n) is 3.01. The van der Waals surface area contributed by atoms with Crippen LogP contribution in [0.4, 0.5) is 5.69 Å². The monoisotopic (exact) mass is 371 g/mol. The number of allylic oxidation sites excluding steroid dienone is 4. The van der Waals surface area contributed by atoms with Gasteiger partial charge in [-0.3, -0.25) is 4.79 Å². The summed E-state index contributed by atoms with van der Waals surface area (Å²) in [5.41, 5.74) is 10.0. The van der Waals surface area contributed by atoms with Crippen LogP contribution >= 0.6 is 11.6 Å². The summed E-state index contributed by atoms with van der Waals surface area (Å²) in [6, 6.07) is 7.77. The van der Waals surface area contributed by atoms with Gasteiger partial charge in [0.15, 0.2) is 0 Å². The number of carbonyl (C=O) groups excluding carboxylic acids is 1. The van der Waals surface area contributed by atoms with Crippen molar-refractivity contribution in [3.05, 3.63) is 59.7 Å². The molecule has 4 N–H and O–H groups in total. The third kappa shape index (κ3) is 4.93. The van der Waals surface area contributed by atoms with Crippen molar-refractivity contribution in [3.8, 4) is 0 Å². The van der Waals surface area contributed by atoms with Gasteiger partial charge >= 0.3 is 0 Å². The number of alkyl halides is 1. The van der Waals surface area contributed by atoms with Gasteiger partial charge < -0.3 is 16.5 Å². The largest absolute Gasteiger partial charge is 0.330 e. The molecular formula is C21H26ClN3O. The van der Waals surface area contributed by atoms with E-state index in [1.807, 2.05) is 37.3 Å². The van der Waals surface area contributed by atoms with Gasteiger partial charge in [0.05, 0.1) is 5.88 Å². The standard InChI is InChI=1S/C21H26ClN3O/c1-3-4-5-16(12-22)21(26)25-18-8-6-15(7-9-18)19-11-17(13-23)20(24)10-14(19)2/h3-9,11,14,17,24H,10,12-13,23H2,1-2H3,(H,25,26)/b4-3?,16-5+,24-20?. The number of rotatable bonds is 6. The van der Waals surface area contributed by atoms with Crippen molar-refractivity contribution >= 4 is 34.5 Å². The van der Waals surface area contributed by atoms with E-state index in [1.165, 1.54) is 5.57 Å². The van der Waals surface area contributed by atoms with Gasteiger partial charge in [0.25, 0.3) is 5.91 Å². The molecule has 1 aromatic rings. The summed E-state index contributed by atoms with van der Waals surface area (Å²) in [5, 5.41) is 10.9. The van der Waals surface area contributed by atoms with Gasteiger partial charge in [0.2, 0.25) is 0 Å². The third-order valence-electron chi connectivity index (χ3n) is 4.54. The molecule has 4 nitrogen and oxygen atoms in total. The first-order valence-electron chi connectivity index (χ1n) is 8.78. The molecule has 138 valence electrons. The Morgan fingerprint density at radius 1 is 1.38 bits per heavy atom. The molecule has 5 heteroatoms. The van der Waals surface area contributed by atoms with Gasteiger partial charge in [0.1, 0.15) is 0 Å². The van der Waals surface area contributed by atoms with Crippen molar-refractivity contribution in [3.63, 3.8) is 0 Å². The Labute approximate surface area is 160 Å². The summed E-state index contributed by atoms with van der Waals surface area (Å²) in [4.78, 5) is 12.3. The minimum atomic E-state index is -0.201. The van der Waals surface area contributed by atoms with E-state index in [-0.39, 0.29) is 23.6 Å². The topological polar surface area (TPSA) is 79.0 Å². The van der Waals surface area contributed by atoms with E-state index < -0.39 is 0 Å². The first-order valence-corrected chi connectivity index (χ1v) is 9.32. The second kappa shape index (κ2) is 9.51. The Hall–Kier alpha value is -2.17. The molecule has 0 bridgehead atoms. The molecule has 26 heavy (non-hydrogen) atoms. The Balaban J connectivity index is 2.15. The summed E-state index contributed by atoms with van der Waals surface area (Å²) >= 11 is 5.85. The van der Waals surface area contributed by atoms with E-state index in [9.17, 15) is 4.79 Å². The second-order valence-corrected chi connectivity index (χ2v) is 6.74. The van der Waals surface area contributed by atoms with Crippen molar-refractivity contribution in [2.75, 3.05) is 17.7 Å². The maximum Gasteiger partial charge on any atom is 0.252 e. The molecule has 1 aliphatic rings. The number of carbonyl (C=O) groups is 1. The molecule has 0 spiro atoms. The van der Waals surface area contributed by atoms with Crippen molar-refractivity contribution in [2.24, 2.45) is 17.6 Å². The van der Waals surface area contributed by atoms with Crippen molar-refractivity contribution in [1.82, 2.24) is 0 Å². The number of nitrogens with one attached hydrogen (secondary N) is 2. The Bertz CT molecular complexity index is 747. The van der Waals surface area contributed by atoms with Gasteiger partial charge in [-0.1, -0.05) is 43.4 Å². The highest BCUT2D eigenvalue weighted by atomic mass is 35.5. The van der Waals surface area contributed by atoms with Crippen LogP contribution in [0.15, 0.2) is 54.1 Å². The molecule has 0 aromatic heterocycles. The van der Waals surface area contributed by atoms with Gasteiger partial charge in [-0.2, -0.15) is 0 Å². The predicted octanol–water partition coefficient (Wildman–Crippen LogP) is 4.38. The van der Waals surface area contributed by atoms with Gasteiger partial charge in [-0.25, -0.2) is 0 Å². The zero-order chi connectivity index (χ0) is 19.1. The lowest BCUT2D eigenvalue weighted by Crippen LogP contribution is -2.27. The lowest BCUT2D eigenvalue weighted by molar-refractivity contribution is -0.112. The summed E-state index contributed by atoms with van der Waals surface area (Å²) in [6.45, 7) is 4.47. The van der Waals surface area contributed by atoms with E-state index in [1.54, 1.807) is 12.2 Å². The molecule has 0 saturated heterocycles. The molecule has 2 rings (SSSR count). The summed E-state index contributed by atoms with van der Waals surface area (Å²) < 4.78 is 0. The Morgan fingerprint density at radius 3 is 2.65 bits per heavy atom. The van der Waals surface area contributed by atoms with Crippen LogP contribution in [0.25, 0.3) is 5.57 Å². The molecule has 0 radical (unpaired) electrons. The van der Waals surface area contributed by atoms with E-state index in [4.69, 9.17) is 22.7 Å². The molecule has 1 aromatic carbocycles. The van der Waals surface area contributed by atoms with Crippen molar-refractivity contribution in [1.29, 1.82) is 5.41 Å². The zero-order valence-corrected chi connectivity index (χ0v) is 16.0. The number of nitrogens with two attached hydrogens (primary N) is 1. The fourth-order valence-corrected chi connectivity index (χ4v) is 3.22. The molecule has 0 aliphatic heterocycles. The highest BCUT2D eigenvalue weighted by Crippen LogP contribution is 2.33. The summed E-state index contributed by atoms with van der Waals surface area (Å²) in [5.74, 6) is 0.263. The minimum absolute atomic E-state index is 0.0172. The molecule has 0 fully saturated rings. The molecular weight excluding hydrogens is 346 g/mol. The number of anilines is 1. The third-order valence-corrected chi connectivity index (χ3v) is 4.83. The van der Waals surface area contributed by atoms with E-state index in [0.29, 0.717) is 17.8 Å². The number of hydrogen-bond acceptors (Lipinski definition) is 3. The van der Waals surface area contributed by atoms with Crippen LogP contribution in [-0.2, 0) is 4.79 Å². The van der Waals surface area contributed by atoms with Crippen LogP contribution in [0.5, 0.6) is 0 Å². The average molecular weight is 372 g/mol. The van der Waals surface area contributed by atoms with Crippen LogP contribution in [-0.4, -0.2) is 24.0 Å². The van der Waals surface area contributed by atoms with E-state index in [2.05, 4.69) is 18.3 Å².